The van der Waals surface area contributed by atoms with E-state index in [1.165, 1.54) is 25.1 Å². The Morgan fingerprint density at radius 2 is 1.66 bits per heavy atom. The van der Waals surface area contributed by atoms with Gasteiger partial charge in [0.15, 0.2) is 6.10 Å². The summed E-state index contributed by atoms with van der Waals surface area (Å²) in [5.74, 6) is -1.32. The third-order valence-corrected chi connectivity index (χ3v) is 4.22. The first-order chi connectivity index (χ1) is 14.0. The van der Waals surface area contributed by atoms with Crippen LogP contribution in [0.2, 0.25) is 0 Å². The van der Waals surface area contributed by atoms with Gasteiger partial charge >= 0.3 is 5.97 Å². The van der Waals surface area contributed by atoms with Crippen molar-refractivity contribution >= 4 is 23.3 Å². The molecule has 0 aliphatic heterocycles. The molecule has 0 saturated heterocycles. The van der Waals surface area contributed by atoms with Crippen LogP contribution in [0.4, 0.5) is 11.4 Å². The number of nitrogens with zero attached hydrogens (tertiary/aromatic N) is 1. The van der Waals surface area contributed by atoms with Gasteiger partial charge in [0.25, 0.3) is 11.6 Å². The molecule has 0 aliphatic carbocycles. The fraction of sp³-hybridized carbons (Fsp3) is 0.0909. The minimum atomic E-state index is -1.09. The third kappa shape index (κ3) is 4.84. The normalized spacial score (nSPS) is 11.3. The summed E-state index contributed by atoms with van der Waals surface area (Å²) in [5, 5.41) is 13.6. The van der Waals surface area contributed by atoms with Crippen molar-refractivity contribution in [1.29, 1.82) is 0 Å². The summed E-state index contributed by atoms with van der Waals surface area (Å²) in [4.78, 5) is 35.0. The molecule has 0 unspecified atom stereocenters. The van der Waals surface area contributed by atoms with Gasteiger partial charge in [0.1, 0.15) is 0 Å². The Hall–Kier alpha value is -4.00. The van der Waals surface area contributed by atoms with Crippen LogP contribution in [0, 0.1) is 10.1 Å². The van der Waals surface area contributed by atoms with Crippen molar-refractivity contribution in [2.45, 2.75) is 13.0 Å². The van der Waals surface area contributed by atoms with Crippen molar-refractivity contribution in [3.05, 3.63) is 94.5 Å². The second-order valence-corrected chi connectivity index (χ2v) is 6.26. The number of nitro groups is 1. The Balaban J connectivity index is 1.71. The number of ether oxygens (including phenoxy) is 1. The summed E-state index contributed by atoms with van der Waals surface area (Å²) in [6.07, 6.45) is -1.09. The molecule has 0 aliphatic rings. The highest BCUT2D eigenvalue weighted by atomic mass is 16.6. The molecule has 0 saturated carbocycles. The zero-order valence-electron chi connectivity index (χ0n) is 15.6. The zero-order chi connectivity index (χ0) is 20.8. The van der Waals surface area contributed by atoms with Crippen molar-refractivity contribution in [3.8, 4) is 11.1 Å². The van der Waals surface area contributed by atoms with E-state index in [4.69, 9.17) is 4.74 Å². The third-order valence-electron chi connectivity index (χ3n) is 4.22. The van der Waals surface area contributed by atoms with E-state index in [1.54, 1.807) is 12.1 Å². The van der Waals surface area contributed by atoms with Crippen molar-refractivity contribution in [1.82, 2.24) is 0 Å². The molecule has 29 heavy (non-hydrogen) atoms. The van der Waals surface area contributed by atoms with Gasteiger partial charge in [-0.25, -0.2) is 4.79 Å². The van der Waals surface area contributed by atoms with Crippen LogP contribution in [0.5, 0.6) is 0 Å². The number of hydrogen-bond donors (Lipinski definition) is 1. The monoisotopic (exact) mass is 390 g/mol. The van der Waals surface area contributed by atoms with E-state index in [2.05, 4.69) is 5.32 Å². The number of nitro benzene ring substituents is 1. The van der Waals surface area contributed by atoms with Gasteiger partial charge in [0.2, 0.25) is 0 Å². The molecular weight excluding hydrogens is 372 g/mol. The fourth-order valence-corrected chi connectivity index (χ4v) is 2.72. The van der Waals surface area contributed by atoms with E-state index < -0.39 is 22.9 Å². The van der Waals surface area contributed by atoms with Crippen molar-refractivity contribution in [2.75, 3.05) is 5.32 Å². The smallest absolute Gasteiger partial charge is 0.339 e. The molecule has 3 aromatic rings. The second-order valence-electron chi connectivity index (χ2n) is 6.26. The summed E-state index contributed by atoms with van der Waals surface area (Å²) in [7, 11) is 0. The Morgan fingerprint density at radius 1 is 0.966 bits per heavy atom. The molecule has 0 spiro atoms. The molecular formula is C22H18N2O5. The van der Waals surface area contributed by atoms with Gasteiger partial charge in [-0.15, -0.1) is 0 Å². The highest BCUT2D eigenvalue weighted by Gasteiger charge is 2.21. The number of nitrogens with one attached hydrogen (secondary N) is 1. The predicted octanol–water partition coefficient (Wildman–Crippen LogP) is 4.45. The highest BCUT2D eigenvalue weighted by molar-refractivity contribution is 6.00. The van der Waals surface area contributed by atoms with Gasteiger partial charge in [0.05, 0.1) is 10.5 Å². The molecule has 1 N–H and O–H groups in total. The molecule has 7 heteroatoms. The number of non-ortho nitro benzene ring substituents is 1. The average Bonchev–Trinajstić information content (AvgIpc) is 2.74. The fourth-order valence-electron chi connectivity index (χ4n) is 2.72. The minimum Gasteiger partial charge on any atom is -0.449 e. The number of para-hydroxylation sites is 1. The average molecular weight is 390 g/mol. The lowest BCUT2D eigenvalue weighted by molar-refractivity contribution is -0.384. The van der Waals surface area contributed by atoms with Gasteiger partial charge in [-0.2, -0.15) is 0 Å². The summed E-state index contributed by atoms with van der Waals surface area (Å²) >= 11 is 0. The van der Waals surface area contributed by atoms with Gasteiger partial charge in [0, 0.05) is 23.4 Å². The number of anilines is 1. The first kappa shape index (κ1) is 19.8. The summed E-state index contributed by atoms with van der Waals surface area (Å²) in [6, 6.07) is 22.0. The van der Waals surface area contributed by atoms with Gasteiger partial charge in [-0.1, -0.05) is 54.6 Å². The highest BCUT2D eigenvalue weighted by Crippen LogP contribution is 2.27. The number of hydrogen-bond acceptors (Lipinski definition) is 5. The number of amides is 1. The SMILES string of the molecule is C[C@@H](OC(=O)c1cccc([N+](=O)[O-])c1)C(=O)Nc1ccccc1-c1ccccc1. The van der Waals surface area contributed by atoms with Crippen LogP contribution in [-0.2, 0) is 9.53 Å². The lowest BCUT2D eigenvalue weighted by Gasteiger charge is -2.16. The first-order valence-electron chi connectivity index (χ1n) is 8.86. The topological polar surface area (TPSA) is 98.5 Å². The Bertz CT molecular complexity index is 1050. The maximum absolute atomic E-state index is 12.5. The van der Waals surface area contributed by atoms with Crippen molar-refractivity contribution < 1.29 is 19.2 Å². The molecule has 146 valence electrons. The number of rotatable bonds is 6. The minimum absolute atomic E-state index is 0.00327. The quantitative estimate of drug-likeness (QED) is 0.381. The number of carbonyl (C=O) groups is 2. The molecule has 3 rings (SSSR count). The Labute approximate surface area is 167 Å². The van der Waals surface area contributed by atoms with Crippen LogP contribution in [0.25, 0.3) is 11.1 Å². The lowest BCUT2D eigenvalue weighted by Crippen LogP contribution is -2.30. The van der Waals surface area contributed by atoms with E-state index in [1.807, 2.05) is 42.5 Å². The van der Waals surface area contributed by atoms with Crippen LogP contribution in [-0.4, -0.2) is 22.9 Å². The predicted molar refractivity (Wildman–Crippen MR) is 108 cm³/mol. The van der Waals surface area contributed by atoms with Crippen LogP contribution >= 0.6 is 0 Å². The molecule has 7 nitrogen and oxygen atoms in total. The van der Waals surface area contributed by atoms with E-state index in [0.29, 0.717) is 5.69 Å². The first-order valence-corrected chi connectivity index (χ1v) is 8.86. The van der Waals surface area contributed by atoms with E-state index in [9.17, 15) is 19.7 Å². The van der Waals surface area contributed by atoms with E-state index in [0.717, 1.165) is 17.2 Å². The van der Waals surface area contributed by atoms with E-state index >= 15 is 0 Å². The maximum Gasteiger partial charge on any atom is 0.339 e. The van der Waals surface area contributed by atoms with Crippen LogP contribution in [0.15, 0.2) is 78.9 Å². The Kier molecular flexibility index (Phi) is 5.99. The molecule has 0 heterocycles. The molecule has 3 aromatic carbocycles. The molecule has 0 fully saturated rings. The maximum atomic E-state index is 12.5. The molecule has 0 aromatic heterocycles. The second kappa shape index (κ2) is 8.79. The largest absolute Gasteiger partial charge is 0.449 e. The summed E-state index contributed by atoms with van der Waals surface area (Å²) in [6.45, 7) is 1.44. The number of esters is 1. The standard InChI is InChI=1S/C22H18N2O5/c1-15(29-22(26)17-10-7-11-18(14-17)24(27)28)21(25)23-20-13-6-5-12-19(20)16-8-3-2-4-9-16/h2-15H,1H3,(H,23,25)/t15-/m1/s1. The zero-order valence-corrected chi connectivity index (χ0v) is 15.6. The van der Waals surface area contributed by atoms with Gasteiger partial charge < -0.3 is 10.1 Å². The van der Waals surface area contributed by atoms with Crippen LogP contribution in [0.1, 0.15) is 17.3 Å². The van der Waals surface area contributed by atoms with Crippen LogP contribution in [0.3, 0.4) is 0 Å². The van der Waals surface area contributed by atoms with E-state index in [-0.39, 0.29) is 11.3 Å². The van der Waals surface area contributed by atoms with Crippen molar-refractivity contribution in [2.24, 2.45) is 0 Å². The van der Waals surface area contributed by atoms with Crippen LogP contribution < -0.4 is 5.32 Å². The lowest BCUT2D eigenvalue weighted by atomic mass is 10.0. The van der Waals surface area contributed by atoms with Gasteiger partial charge in [-0.05, 0) is 24.6 Å². The number of benzene rings is 3. The molecule has 1 atom stereocenters. The summed E-state index contributed by atoms with van der Waals surface area (Å²) in [5.41, 5.74) is 2.13. The molecule has 1 amide bonds. The van der Waals surface area contributed by atoms with Gasteiger partial charge in [-0.3, -0.25) is 14.9 Å². The summed E-state index contributed by atoms with van der Waals surface area (Å²) < 4.78 is 5.18. The molecule has 0 radical (unpaired) electrons. The van der Waals surface area contributed by atoms with Crippen molar-refractivity contribution in [3.63, 3.8) is 0 Å². The Morgan fingerprint density at radius 3 is 2.38 bits per heavy atom. The number of carbonyl (C=O) groups excluding carboxylic acids is 2. The molecule has 0 bridgehead atoms.